The van der Waals surface area contributed by atoms with Crippen LogP contribution in [-0.4, -0.2) is 63.7 Å². The lowest BCUT2D eigenvalue weighted by atomic mass is 9.70. The molecule has 0 aromatic heterocycles. The van der Waals surface area contributed by atoms with Gasteiger partial charge in [-0.1, -0.05) is 61.5 Å². The van der Waals surface area contributed by atoms with E-state index in [0.29, 0.717) is 49.4 Å². The van der Waals surface area contributed by atoms with Crippen LogP contribution in [-0.2, 0) is 44.2 Å². The molecule has 1 spiro atoms. The fourth-order valence-electron chi connectivity index (χ4n) is 8.28. The summed E-state index contributed by atoms with van der Waals surface area (Å²) in [5, 5.41) is 21.8. The largest absolute Gasteiger partial charge is 0.394 e. The first kappa shape index (κ1) is 30.6. The zero-order valence-corrected chi connectivity index (χ0v) is 26.6. The summed E-state index contributed by atoms with van der Waals surface area (Å²) in [7, 11) is 0. The highest BCUT2D eigenvalue weighted by Crippen LogP contribution is 2.58. The second kappa shape index (κ2) is 11.3. The Labute approximate surface area is 269 Å². The fourth-order valence-corrected chi connectivity index (χ4v) is 8.28. The summed E-state index contributed by atoms with van der Waals surface area (Å²) in [6.07, 6.45) is 0.207. The van der Waals surface area contributed by atoms with Gasteiger partial charge in [0.2, 0.25) is 11.8 Å². The number of fused-ring (bicyclic) bond motifs is 3. The van der Waals surface area contributed by atoms with Crippen LogP contribution >= 0.6 is 0 Å². The standard InChI is InChI=1S/C37H41N3O6/c1-23-34(36(2,3)45)31(19-33(43)39-21-26-12-8-7-11-25(26)17-28(39)22-41)46-37(23)29-18-27(38-16-15-32(38)42)13-14-30(29)40(35(37)44)20-24-9-5-4-6-10-24/h4-14,18,23,28,31,34,41,45H,15-17,19-22H2,1-3H3/t23-,28+,31+,34-,37+/m1/s1. The first-order valence-corrected chi connectivity index (χ1v) is 16.2. The van der Waals surface area contributed by atoms with Crippen LogP contribution < -0.4 is 9.80 Å². The molecule has 5 atom stereocenters. The van der Waals surface area contributed by atoms with Crippen molar-refractivity contribution in [1.29, 1.82) is 0 Å². The summed E-state index contributed by atoms with van der Waals surface area (Å²) in [6, 6.07) is 23.0. The minimum absolute atomic E-state index is 0.0271. The first-order chi connectivity index (χ1) is 22.0. The summed E-state index contributed by atoms with van der Waals surface area (Å²) in [4.78, 5) is 46.5. The number of β-lactam (4-membered cyclic amide) rings is 1. The highest BCUT2D eigenvalue weighted by atomic mass is 16.5. The monoisotopic (exact) mass is 623 g/mol. The van der Waals surface area contributed by atoms with E-state index in [9.17, 15) is 24.6 Å². The van der Waals surface area contributed by atoms with Crippen molar-refractivity contribution in [3.05, 3.63) is 95.1 Å². The number of hydrogen-bond acceptors (Lipinski definition) is 6. The van der Waals surface area contributed by atoms with Crippen molar-refractivity contribution >= 4 is 29.1 Å². The van der Waals surface area contributed by atoms with Crippen molar-refractivity contribution < 1.29 is 29.3 Å². The van der Waals surface area contributed by atoms with E-state index in [1.807, 2.05) is 79.7 Å². The molecule has 7 rings (SSSR count). The average molecular weight is 624 g/mol. The number of ether oxygens (including phenoxy) is 1. The molecule has 4 heterocycles. The zero-order valence-electron chi connectivity index (χ0n) is 26.6. The number of nitrogens with zero attached hydrogens (tertiary/aromatic N) is 3. The number of aliphatic hydroxyl groups is 2. The SMILES string of the molecule is C[C@@H]1[C@@H](C(C)(C)O)[C@H](CC(=O)N2Cc3ccccc3C[C@H]2CO)O[C@@]12C(=O)N(Cc1ccccc1)c1ccc(N3CCC3=O)cc12. The van der Waals surface area contributed by atoms with E-state index in [1.165, 1.54) is 0 Å². The van der Waals surface area contributed by atoms with Gasteiger partial charge in [0.25, 0.3) is 5.91 Å². The first-order valence-electron chi connectivity index (χ1n) is 16.2. The number of amides is 3. The molecule has 3 aromatic carbocycles. The molecule has 0 bridgehead atoms. The third-order valence-electron chi connectivity index (χ3n) is 10.6. The molecule has 4 aliphatic heterocycles. The van der Waals surface area contributed by atoms with Gasteiger partial charge in [0, 0.05) is 42.6 Å². The van der Waals surface area contributed by atoms with Gasteiger partial charge in [0.05, 0.1) is 43.0 Å². The molecule has 0 radical (unpaired) electrons. The Morgan fingerprint density at radius 2 is 1.74 bits per heavy atom. The Kier molecular flexibility index (Phi) is 7.54. The van der Waals surface area contributed by atoms with E-state index in [0.717, 1.165) is 16.7 Å². The summed E-state index contributed by atoms with van der Waals surface area (Å²) < 4.78 is 6.92. The van der Waals surface area contributed by atoms with Gasteiger partial charge in [0.15, 0.2) is 5.60 Å². The Hall–Kier alpha value is -4.05. The third-order valence-corrected chi connectivity index (χ3v) is 10.6. The molecule has 9 nitrogen and oxygen atoms in total. The van der Waals surface area contributed by atoms with Gasteiger partial charge < -0.3 is 29.6 Å². The molecule has 3 aromatic rings. The van der Waals surface area contributed by atoms with Crippen molar-refractivity contribution in [1.82, 2.24) is 4.90 Å². The Morgan fingerprint density at radius 1 is 1.02 bits per heavy atom. The molecular weight excluding hydrogens is 582 g/mol. The highest BCUT2D eigenvalue weighted by Gasteiger charge is 2.66. The fraction of sp³-hybridized carbons (Fsp3) is 0.432. The van der Waals surface area contributed by atoms with Gasteiger partial charge in [-0.3, -0.25) is 14.4 Å². The second-order valence-corrected chi connectivity index (χ2v) is 13.8. The van der Waals surface area contributed by atoms with Crippen LogP contribution in [0.15, 0.2) is 72.8 Å². The maximum absolute atomic E-state index is 14.8. The van der Waals surface area contributed by atoms with E-state index >= 15 is 0 Å². The van der Waals surface area contributed by atoms with Crippen molar-refractivity contribution in [2.75, 3.05) is 23.0 Å². The maximum Gasteiger partial charge on any atom is 0.264 e. The number of carbonyl (C=O) groups excluding carboxylic acids is 3. The van der Waals surface area contributed by atoms with E-state index in [-0.39, 0.29) is 36.8 Å². The number of carbonyl (C=O) groups is 3. The molecule has 0 aliphatic carbocycles. The molecule has 240 valence electrons. The molecule has 2 N–H and O–H groups in total. The molecule has 2 fully saturated rings. The van der Waals surface area contributed by atoms with Crippen LogP contribution in [0.3, 0.4) is 0 Å². The summed E-state index contributed by atoms with van der Waals surface area (Å²) in [5.74, 6) is -1.47. The van der Waals surface area contributed by atoms with Gasteiger partial charge in [-0.05, 0) is 55.2 Å². The van der Waals surface area contributed by atoms with Crippen molar-refractivity contribution in [2.45, 2.75) is 76.5 Å². The van der Waals surface area contributed by atoms with Crippen LogP contribution in [0.5, 0.6) is 0 Å². The molecule has 0 saturated carbocycles. The predicted octanol–water partition coefficient (Wildman–Crippen LogP) is 3.92. The summed E-state index contributed by atoms with van der Waals surface area (Å²) in [6.45, 7) is 6.49. The smallest absolute Gasteiger partial charge is 0.264 e. The predicted molar refractivity (Wildman–Crippen MR) is 173 cm³/mol. The Bertz CT molecular complexity index is 1690. The van der Waals surface area contributed by atoms with Crippen LogP contribution in [0.25, 0.3) is 0 Å². The van der Waals surface area contributed by atoms with Crippen LogP contribution in [0.1, 0.15) is 55.9 Å². The van der Waals surface area contributed by atoms with Gasteiger partial charge in [0.1, 0.15) is 0 Å². The number of benzene rings is 3. The zero-order chi connectivity index (χ0) is 32.4. The van der Waals surface area contributed by atoms with E-state index in [2.05, 4.69) is 0 Å². The number of rotatable bonds is 7. The quantitative estimate of drug-likeness (QED) is 0.386. The van der Waals surface area contributed by atoms with Crippen molar-refractivity contribution in [2.24, 2.45) is 11.8 Å². The van der Waals surface area contributed by atoms with E-state index in [4.69, 9.17) is 4.74 Å². The summed E-state index contributed by atoms with van der Waals surface area (Å²) >= 11 is 0. The minimum Gasteiger partial charge on any atom is -0.394 e. The Morgan fingerprint density at radius 3 is 2.39 bits per heavy atom. The third kappa shape index (κ3) is 4.84. The van der Waals surface area contributed by atoms with Crippen molar-refractivity contribution in [3.63, 3.8) is 0 Å². The van der Waals surface area contributed by atoms with Crippen molar-refractivity contribution in [3.8, 4) is 0 Å². The van der Waals surface area contributed by atoms with Crippen LogP contribution in [0.4, 0.5) is 11.4 Å². The Balaban J connectivity index is 1.27. The lowest BCUT2D eigenvalue weighted by Gasteiger charge is -2.38. The topological polar surface area (TPSA) is 111 Å². The average Bonchev–Trinajstić information content (AvgIpc) is 3.46. The normalized spacial score (nSPS) is 27.2. The number of hydrogen-bond donors (Lipinski definition) is 2. The molecule has 4 aliphatic rings. The van der Waals surface area contributed by atoms with Crippen LogP contribution in [0, 0.1) is 11.8 Å². The molecule has 2 saturated heterocycles. The van der Waals surface area contributed by atoms with Gasteiger partial charge in [-0.25, -0.2) is 0 Å². The van der Waals surface area contributed by atoms with E-state index in [1.54, 1.807) is 28.5 Å². The van der Waals surface area contributed by atoms with Gasteiger partial charge >= 0.3 is 0 Å². The van der Waals surface area contributed by atoms with Gasteiger partial charge in [-0.2, -0.15) is 0 Å². The number of aliphatic hydroxyl groups excluding tert-OH is 1. The lowest BCUT2D eigenvalue weighted by molar-refractivity contribution is -0.151. The molecule has 0 unspecified atom stereocenters. The minimum atomic E-state index is -1.46. The van der Waals surface area contributed by atoms with E-state index < -0.39 is 29.1 Å². The molecular formula is C37H41N3O6. The summed E-state index contributed by atoms with van der Waals surface area (Å²) in [5.41, 5.74) is 2.43. The second-order valence-electron chi connectivity index (χ2n) is 13.8. The van der Waals surface area contributed by atoms with Crippen LogP contribution in [0.2, 0.25) is 0 Å². The molecule has 9 heteroatoms. The molecule has 46 heavy (non-hydrogen) atoms. The maximum atomic E-state index is 14.8. The molecule has 3 amide bonds. The lowest BCUT2D eigenvalue weighted by Crippen LogP contribution is -2.48. The number of anilines is 2. The highest BCUT2D eigenvalue weighted by molar-refractivity contribution is 6.09. The van der Waals surface area contributed by atoms with Gasteiger partial charge in [-0.15, -0.1) is 0 Å².